The zero-order valence-corrected chi connectivity index (χ0v) is 19.4. The van der Waals surface area contributed by atoms with E-state index in [0.29, 0.717) is 5.92 Å². The lowest BCUT2D eigenvalue weighted by molar-refractivity contribution is -0.117. The fourth-order valence-electron chi connectivity index (χ4n) is 4.43. The molecule has 1 aromatic carbocycles. The molecule has 0 bridgehead atoms. The number of ether oxygens (including phenoxy) is 1. The van der Waals surface area contributed by atoms with Crippen LogP contribution in [0.3, 0.4) is 0 Å². The number of methoxy groups -OCH3 is 1. The molecule has 1 heterocycles. The van der Waals surface area contributed by atoms with E-state index in [9.17, 15) is 4.79 Å². The van der Waals surface area contributed by atoms with Crippen LogP contribution in [-0.2, 0) is 11.2 Å². The third kappa shape index (κ3) is 7.67. The molecule has 2 aromatic rings. The Kier molecular flexibility index (Phi) is 9.55. The minimum atomic E-state index is -0.0344. The molecule has 170 valence electrons. The first-order valence-electron chi connectivity index (χ1n) is 11.9. The maximum absolute atomic E-state index is 12.4. The summed E-state index contributed by atoms with van der Waals surface area (Å²) in [7, 11) is 1.69. The van der Waals surface area contributed by atoms with E-state index in [1.54, 1.807) is 19.4 Å². The van der Waals surface area contributed by atoms with Crippen molar-refractivity contribution in [3.8, 4) is 5.75 Å². The number of nitrogens with one attached hydrogen (secondary N) is 1. The zero-order valence-electron chi connectivity index (χ0n) is 19.4. The van der Waals surface area contributed by atoms with E-state index in [2.05, 4.69) is 41.5 Å². The average molecular weight is 433 g/mol. The molecule has 0 saturated heterocycles. The van der Waals surface area contributed by atoms with Crippen molar-refractivity contribution >= 4 is 11.5 Å². The number of amides is 1. The number of aromatic nitrogens is 1. The first-order chi connectivity index (χ1) is 15.7. The third-order valence-corrected chi connectivity index (χ3v) is 6.21. The highest BCUT2D eigenvalue weighted by Crippen LogP contribution is 2.35. The van der Waals surface area contributed by atoms with Crippen molar-refractivity contribution < 1.29 is 9.53 Å². The predicted molar refractivity (Wildman–Crippen MR) is 131 cm³/mol. The molecule has 4 heteroatoms. The van der Waals surface area contributed by atoms with Crippen LogP contribution in [0, 0.1) is 5.92 Å². The van der Waals surface area contributed by atoms with Crippen LogP contribution in [-0.4, -0.2) is 24.0 Å². The molecule has 4 nitrogen and oxygen atoms in total. The first-order valence-corrected chi connectivity index (χ1v) is 11.9. The van der Waals surface area contributed by atoms with Crippen molar-refractivity contribution in [3.05, 3.63) is 78.1 Å². The largest absolute Gasteiger partial charge is 0.497 e. The summed E-state index contributed by atoms with van der Waals surface area (Å²) in [5, 5.41) is 3.09. The lowest BCUT2D eigenvalue weighted by atomic mass is 9.81. The Hall–Kier alpha value is -2.88. The van der Waals surface area contributed by atoms with E-state index in [-0.39, 0.29) is 11.9 Å². The van der Waals surface area contributed by atoms with Crippen molar-refractivity contribution in [3.63, 3.8) is 0 Å². The Morgan fingerprint density at radius 3 is 2.66 bits per heavy atom. The number of carbonyl (C=O) groups is 1. The molecule has 1 atom stereocenters. The van der Waals surface area contributed by atoms with E-state index < -0.39 is 0 Å². The Bertz CT molecular complexity index is 881. The predicted octanol–water partition coefficient (Wildman–Crippen LogP) is 6.14. The van der Waals surface area contributed by atoms with Gasteiger partial charge in [-0.25, -0.2) is 0 Å². The molecule has 1 unspecified atom stereocenters. The van der Waals surface area contributed by atoms with Crippen molar-refractivity contribution in [2.45, 2.75) is 64.3 Å². The number of nitrogens with zero attached hydrogens (tertiary/aromatic N) is 1. The van der Waals surface area contributed by atoms with Gasteiger partial charge < -0.3 is 10.1 Å². The number of hydrogen-bond acceptors (Lipinski definition) is 3. The Morgan fingerprint density at radius 2 is 1.97 bits per heavy atom. The van der Waals surface area contributed by atoms with Gasteiger partial charge in [0.05, 0.1) is 7.11 Å². The summed E-state index contributed by atoms with van der Waals surface area (Å²) in [5.74, 6) is 1.38. The van der Waals surface area contributed by atoms with E-state index in [1.165, 1.54) is 48.8 Å². The van der Waals surface area contributed by atoms with Crippen LogP contribution in [0.25, 0.3) is 5.57 Å². The number of rotatable bonds is 10. The van der Waals surface area contributed by atoms with Gasteiger partial charge in [-0.2, -0.15) is 0 Å². The standard InChI is InChI=1S/C28H36N2O2/c1-22(9-6-10-23-11-8-20-29-21-23)30-28(31)15-7-14-27(24-12-4-3-5-13-24)25-16-18-26(32-2)19-17-25/h7-8,11,14-22,24H,3-6,9-10,12-13H2,1-2H3,(H,30,31)/b15-7+,27-14-. The fourth-order valence-corrected chi connectivity index (χ4v) is 4.43. The van der Waals surface area contributed by atoms with Crippen LogP contribution in [0.1, 0.15) is 63.0 Å². The second kappa shape index (κ2) is 12.8. The van der Waals surface area contributed by atoms with Gasteiger partial charge in [0.2, 0.25) is 5.91 Å². The van der Waals surface area contributed by atoms with Crippen molar-refractivity contribution in [2.75, 3.05) is 7.11 Å². The summed E-state index contributed by atoms with van der Waals surface area (Å²) in [6, 6.07) is 12.5. The van der Waals surface area contributed by atoms with Crippen LogP contribution in [0.15, 0.2) is 67.0 Å². The van der Waals surface area contributed by atoms with E-state index in [1.807, 2.05) is 30.5 Å². The molecule has 3 rings (SSSR count). The molecule has 1 saturated carbocycles. The van der Waals surface area contributed by atoms with E-state index in [0.717, 1.165) is 25.0 Å². The maximum atomic E-state index is 12.4. The summed E-state index contributed by atoms with van der Waals surface area (Å²) in [6.07, 6.45) is 18.7. The van der Waals surface area contributed by atoms with Crippen molar-refractivity contribution in [1.82, 2.24) is 10.3 Å². The second-order valence-electron chi connectivity index (χ2n) is 8.71. The monoisotopic (exact) mass is 432 g/mol. The second-order valence-corrected chi connectivity index (χ2v) is 8.71. The minimum Gasteiger partial charge on any atom is -0.497 e. The van der Waals surface area contributed by atoms with Gasteiger partial charge in [0.15, 0.2) is 0 Å². The Morgan fingerprint density at radius 1 is 1.19 bits per heavy atom. The molecule has 0 spiro atoms. The lowest BCUT2D eigenvalue weighted by Gasteiger charge is -2.25. The molecular formula is C28H36N2O2. The molecule has 1 N–H and O–H groups in total. The Labute approximate surface area is 192 Å². The highest BCUT2D eigenvalue weighted by molar-refractivity contribution is 5.88. The van der Waals surface area contributed by atoms with Gasteiger partial charge in [-0.05, 0) is 79.8 Å². The van der Waals surface area contributed by atoms with Crippen LogP contribution >= 0.6 is 0 Å². The average Bonchev–Trinajstić information content (AvgIpc) is 2.83. The summed E-state index contributed by atoms with van der Waals surface area (Å²) in [4.78, 5) is 16.6. The number of allylic oxidation sites excluding steroid dienone is 3. The van der Waals surface area contributed by atoms with Gasteiger partial charge in [0.25, 0.3) is 0 Å². The van der Waals surface area contributed by atoms with Gasteiger partial charge in [-0.15, -0.1) is 0 Å². The van der Waals surface area contributed by atoms with Crippen LogP contribution < -0.4 is 10.1 Å². The fraction of sp³-hybridized carbons (Fsp3) is 0.429. The number of hydrogen-bond donors (Lipinski definition) is 1. The molecule has 1 aliphatic carbocycles. The van der Waals surface area contributed by atoms with Gasteiger partial charge >= 0.3 is 0 Å². The van der Waals surface area contributed by atoms with Gasteiger partial charge in [-0.3, -0.25) is 9.78 Å². The van der Waals surface area contributed by atoms with E-state index >= 15 is 0 Å². The first kappa shape index (κ1) is 23.8. The highest BCUT2D eigenvalue weighted by atomic mass is 16.5. The molecule has 1 aromatic heterocycles. The molecule has 0 radical (unpaired) electrons. The number of benzene rings is 1. The summed E-state index contributed by atoms with van der Waals surface area (Å²) in [5.41, 5.74) is 3.78. The molecule has 32 heavy (non-hydrogen) atoms. The molecule has 1 amide bonds. The number of pyridine rings is 1. The summed E-state index contributed by atoms with van der Waals surface area (Å²) >= 11 is 0. The SMILES string of the molecule is COc1ccc(/C(=C\C=C\C(=O)NC(C)CCCc2cccnc2)C2CCCCC2)cc1. The Balaban J connectivity index is 1.55. The van der Waals surface area contributed by atoms with E-state index in [4.69, 9.17) is 4.74 Å². The summed E-state index contributed by atoms with van der Waals surface area (Å²) in [6.45, 7) is 2.07. The topological polar surface area (TPSA) is 51.2 Å². The van der Waals surface area contributed by atoms with Crippen LogP contribution in [0.2, 0.25) is 0 Å². The highest BCUT2D eigenvalue weighted by Gasteiger charge is 2.18. The smallest absolute Gasteiger partial charge is 0.244 e. The minimum absolute atomic E-state index is 0.0344. The van der Waals surface area contributed by atoms with Gasteiger partial charge in [0, 0.05) is 24.5 Å². The lowest BCUT2D eigenvalue weighted by Crippen LogP contribution is -2.31. The van der Waals surface area contributed by atoms with Crippen LogP contribution in [0.4, 0.5) is 0 Å². The van der Waals surface area contributed by atoms with Gasteiger partial charge in [0.1, 0.15) is 5.75 Å². The molecular weight excluding hydrogens is 396 g/mol. The molecule has 0 aliphatic heterocycles. The third-order valence-electron chi connectivity index (χ3n) is 6.21. The quantitative estimate of drug-likeness (QED) is 0.362. The molecule has 1 aliphatic rings. The van der Waals surface area contributed by atoms with Crippen molar-refractivity contribution in [1.29, 1.82) is 0 Å². The zero-order chi connectivity index (χ0) is 22.6. The number of carbonyl (C=O) groups excluding carboxylic acids is 1. The van der Waals surface area contributed by atoms with Crippen LogP contribution in [0.5, 0.6) is 5.75 Å². The van der Waals surface area contributed by atoms with Crippen molar-refractivity contribution in [2.24, 2.45) is 5.92 Å². The summed E-state index contributed by atoms with van der Waals surface area (Å²) < 4.78 is 5.31. The molecule has 1 fully saturated rings. The van der Waals surface area contributed by atoms with Gasteiger partial charge in [-0.1, -0.05) is 49.6 Å². The maximum Gasteiger partial charge on any atom is 0.244 e. The number of aryl methyl sites for hydroxylation is 1. The normalized spacial score (nSPS) is 16.1.